The molecule has 0 radical (unpaired) electrons. The average molecular weight is 486 g/mol. The minimum atomic E-state index is -4.69. The Labute approximate surface area is 179 Å². The van der Waals surface area contributed by atoms with Crippen LogP contribution in [-0.2, 0) is 16.2 Å². The third kappa shape index (κ3) is 4.55. The van der Waals surface area contributed by atoms with Crippen LogP contribution in [-0.4, -0.2) is 42.6 Å². The molecule has 0 saturated carbocycles. The monoisotopic (exact) mass is 485 g/mol. The zero-order valence-electron chi connectivity index (χ0n) is 16.2. The predicted octanol–water partition coefficient (Wildman–Crippen LogP) is 4.59. The number of rotatable bonds is 4. The maximum atomic E-state index is 13.6. The number of hydrogen-bond acceptors (Lipinski definition) is 3. The number of carbonyl (C=O) groups excluding carboxylic acids is 1. The third-order valence-corrected chi connectivity index (χ3v) is 7.14. The fourth-order valence-corrected chi connectivity index (χ4v) is 5.59. The van der Waals surface area contributed by atoms with E-state index in [2.05, 4.69) is 10.3 Å². The lowest BCUT2D eigenvalue weighted by atomic mass is 10.2. The van der Waals surface area contributed by atoms with Crippen LogP contribution in [0.4, 0.5) is 27.6 Å². The molecule has 1 aromatic carbocycles. The van der Waals surface area contributed by atoms with Gasteiger partial charge < -0.3 is 10.3 Å². The summed E-state index contributed by atoms with van der Waals surface area (Å²) in [5.41, 5.74) is -1.29. The van der Waals surface area contributed by atoms with Crippen LogP contribution in [0.25, 0.3) is 0 Å². The fourth-order valence-electron chi connectivity index (χ4n) is 3.41. The van der Waals surface area contributed by atoms with E-state index < -0.39 is 63.0 Å². The second kappa shape index (κ2) is 7.75. The van der Waals surface area contributed by atoms with Crippen molar-refractivity contribution in [3.05, 3.63) is 45.7 Å². The molecule has 0 aliphatic carbocycles. The molecule has 6 nitrogen and oxygen atoms in total. The number of H-pyrrole nitrogens is 1. The summed E-state index contributed by atoms with van der Waals surface area (Å²) in [6, 6.07) is 2.53. The Morgan fingerprint density at radius 3 is 2.39 bits per heavy atom. The van der Waals surface area contributed by atoms with Crippen molar-refractivity contribution in [2.45, 2.75) is 37.3 Å². The molecule has 0 unspecified atom stereocenters. The van der Waals surface area contributed by atoms with Crippen LogP contribution >= 0.6 is 11.6 Å². The molecule has 0 spiro atoms. The molecule has 2 heterocycles. The van der Waals surface area contributed by atoms with Gasteiger partial charge in [-0.1, -0.05) is 11.6 Å². The van der Waals surface area contributed by atoms with E-state index >= 15 is 0 Å². The van der Waals surface area contributed by atoms with Crippen molar-refractivity contribution in [3.63, 3.8) is 0 Å². The molecule has 1 amide bonds. The summed E-state index contributed by atoms with van der Waals surface area (Å²) < 4.78 is 92.3. The van der Waals surface area contributed by atoms with Crippen molar-refractivity contribution >= 4 is 33.2 Å². The van der Waals surface area contributed by atoms with E-state index in [4.69, 9.17) is 11.6 Å². The molecule has 1 aromatic heterocycles. The third-order valence-electron chi connectivity index (χ3n) is 4.81. The van der Waals surface area contributed by atoms with Crippen molar-refractivity contribution in [1.29, 1.82) is 0 Å². The number of aromatic nitrogens is 1. The van der Waals surface area contributed by atoms with Gasteiger partial charge in [-0.2, -0.15) is 17.5 Å². The molecule has 13 heteroatoms. The molecule has 1 saturated heterocycles. The highest BCUT2D eigenvalue weighted by atomic mass is 35.5. The molecular weight excluding hydrogens is 469 g/mol. The Bertz CT molecular complexity index is 1150. The summed E-state index contributed by atoms with van der Waals surface area (Å²) in [7, 11) is -4.44. The van der Waals surface area contributed by atoms with E-state index in [-0.39, 0.29) is 22.6 Å². The Morgan fingerprint density at radius 2 is 1.87 bits per heavy atom. The van der Waals surface area contributed by atoms with Gasteiger partial charge in [0.2, 0.25) is 10.0 Å². The number of benzene rings is 1. The zero-order valence-corrected chi connectivity index (χ0v) is 17.8. The van der Waals surface area contributed by atoms with Crippen LogP contribution in [0.3, 0.4) is 0 Å². The molecule has 1 aliphatic heterocycles. The van der Waals surface area contributed by atoms with Gasteiger partial charge in [0.05, 0.1) is 22.7 Å². The Kier molecular flexibility index (Phi) is 5.87. The van der Waals surface area contributed by atoms with Gasteiger partial charge in [-0.25, -0.2) is 17.2 Å². The van der Waals surface area contributed by atoms with E-state index in [0.717, 1.165) is 12.1 Å². The van der Waals surface area contributed by atoms with Gasteiger partial charge in [0.1, 0.15) is 4.90 Å². The lowest BCUT2D eigenvalue weighted by Gasteiger charge is -2.17. The highest BCUT2D eigenvalue weighted by molar-refractivity contribution is 7.89. The summed E-state index contributed by atoms with van der Waals surface area (Å²) in [5, 5.41) is 1.66. The fraction of sp³-hybridized carbons (Fsp3) is 0.389. The quantitative estimate of drug-likeness (QED) is 0.622. The Balaban J connectivity index is 1.96. The number of nitrogens with one attached hydrogen (secondary N) is 2. The van der Waals surface area contributed by atoms with Gasteiger partial charge in [-0.3, -0.25) is 4.79 Å². The maximum Gasteiger partial charge on any atom is 0.417 e. The number of alkyl halides is 5. The Hall–Kier alpha value is -2.18. The van der Waals surface area contributed by atoms with Crippen LogP contribution in [0.5, 0.6) is 0 Å². The lowest BCUT2D eigenvalue weighted by molar-refractivity contribution is -0.137. The first-order valence-electron chi connectivity index (χ1n) is 8.89. The first-order chi connectivity index (χ1) is 14.1. The largest absolute Gasteiger partial charge is 0.417 e. The van der Waals surface area contributed by atoms with Crippen molar-refractivity contribution in [3.8, 4) is 0 Å². The number of halogens is 6. The lowest BCUT2D eigenvalue weighted by Crippen LogP contribution is -2.33. The normalized spacial score (nSPS) is 17.2. The molecule has 1 fully saturated rings. The molecule has 2 N–H and O–H groups in total. The first kappa shape index (κ1) is 23.5. The van der Waals surface area contributed by atoms with E-state index in [1.54, 1.807) is 0 Å². The van der Waals surface area contributed by atoms with Crippen molar-refractivity contribution in [2.24, 2.45) is 0 Å². The Morgan fingerprint density at radius 1 is 1.23 bits per heavy atom. The van der Waals surface area contributed by atoms with Gasteiger partial charge >= 0.3 is 6.18 Å². The van der Waals surface area contributed by atoms with Crippen molar-refractivity contribution in [2.75, 3.05) is 18.4 Å². The van der Waals surface area contributed by atoms with Crippen molar-refractivity contribution < 1.29 is 35.2 Å². The number of aromatic amines is 1. The highest BCUT2D eigenvalue weighted by Crippen LogP contribution is 2.37. The van der Waals surface area contributed by atoms with Gasteiger partial charge in [0, 0.05) is 30.0 Å². The van der Waals surface area contributed by atoms with Crippen LogP contribution in [0.2, 0.25) is 5.02 Å². The number of carbonyl (C=O) groups is 1. The standard InChI is InChI=1S/C18H17ClF5N3O3S/c1-9-14(16(28)26-11-3-4-12(13(19)7-11)18(22,23)24)15(10(2)25-9)31(29,30)27-6-5-17(20,21)8-27/h3-4,7,25H,5-6,8H2,1-2H3,(H,26,28). The minimum Gasteiger partial charge on any atom is -0.361 e. The summed E-state index contributed by atoms with van der Waals surface area (Å²) in [6.45, 7) is 1.38. The van der Waals surface area contributed by atoms with Gasteiger partial charge in [0.15, 0.2) is 0 Å². The second-order valence-corrected chi connectivity index (χ2v) is 9.45. The summed E-state index contributed by atoms with van der Waals surface area (Å²) >= 11 is 5.64. The second-order valence-electron chi connectivity index (χ2n) is 7.17. The molecular formula is C18H17ClF5N3O3S. The summed E-state index contributed by atoms with van der Waals surface area (Å²) in [4.78, 5) is 15.1. The number of hydrogen-bond donors (Lipinski definition) is 2. The van der Waals surface area contributed by atoms with Crippen LogP contribution in [0.1, 0.15) is 33.7 Å². The summed E-state index contributed by atoms with van der Waals surface area (Å²) in [6.07, 6.45) is -5.33. The smallest absolute Gasteiger partial charge is 0.361 e. The number of amides is 1. The molecule has 0 bridgehead atoms. The zero-order chi connectivity index (χ0) is 23.4. The highest BCUT2D eigenvalue weighted by Gasteiger charge is 2.45. The maximum absolute atomic E-state index is 13.6. The molecule has 2 aromatic rings. The molecule has 0 atom stereocenters. The molecule has 3 rings (SSSR count). The molecule has 170 valence electrons. The van der Waals surface area contributed by atoms with Gasteiger partial charge in [0.25, 0.3) is 11.8 Å². The SMILES string of the molecule is Cc1[nH]c(C)c(S(=O)(=O)N2CCC(F)(F)C2)c1C(=O)Nc1ccc(C(F)(F)F)c(Cl)c1. The average Bonchev–Trinajstić information content (AvgIpc) is 3.12. The van der Waals surface area contributed by atoms with Crippen LogP contribution in [0, 0.1) is 13.8 Å². The predicted molar refractivity (Wildman–Crippen MR) is 103 cm³/mol. The van der Waals surface area contributed by atoms with Gasteiger partial charge in [-0.15, -0.1) is 0 Å². The number of anilines is 1. The van der Waals surface area contributed by atoms with Gasteiger partial charge in [-0.05, 0) is 32.0 Å². The molecule has 31 heavy (non-hydrogen) atoms. The minimum absolute atomic E-state index is 0.0725. The van der Waals surface area contributed by atoms with Crippen molar-refractivity contribution in [1.82, 2.24) is 9.29 Å². The van der Waals surface area contributed by atoms with E-state index in [0.29, 0.717) is 10.4 Å². The number of aryl methyl sites for hydroxylation is 2. The van der Waals surface area contributed by atoms with E-state index in [1.165, 1.54) is 13.8 Å². The summed E-state index contributed by atoms with van der Waals surface area (Å²) in [5.74, 6) is -4.12. The first-order valence-corrected chi connectivity index (χ1v) is 10.7. The number of nitrogens with zero attached hydrogens (tertiary/aromatic N) is 1. The molecule has 1 aliphatic rings. The van der Waals surface area contributed by atoms with Crippen LogP contribution < -0.4 is 5.32 Å². The topological polar surface area (TPSA) is 82.3 Å². The van der Waals surface area contributed by atoms with E-state index in [1.807, 2.05) is 0 Å². The number of sulfonamides is 1. The van der Waals surface area contributed by atoms with E-state index in [9.17, 15) is 35.2 Å². The van der Waals surface area contributed by atoms with Crippen LogP contribution in [0.15, 0.2) is 23.1 Å².